The van der Waals surface area contributed by atoms with Crippen molar-refractivity contribution in [2.24, 2.45) is 0 Å². The highest BCUT2D eigenvalue weighted by atomic mass is 16.5. The zero-order valence-electron chi connectivity index (χ0n) is 16.1. The normalized spacial score (nSPS) is 22.5. The number of ketones is 1. The Morgan fingerprint density at radius 1 is 0.724 bits per heavy atom. The lowest BCUT2D eigenvalue weighted by atomic mass is 9.80. The van der Waals surface area contributed by atoms with Crippen LogP contribution in [-0.4, -0.2) is 5.78 Å². The van der Waals surface area contributed by atoms with Gasteiger partial charge in [-0.3, -0.25) is 4.79 Å². The fourth-order valence-corrected chi connectivity index (χ4v) is 4.36. The van der Waals surface area contributed by atoms with Gasteiger partial charge in [-0.2, -0.15) is 0 Å². The summed E-state index contributed by atoms with van der Waals surface area (Å²) in [5.41, 5.74) is 5.13. The number of hydrogen-bond donors (Lipinski definition) is 0. The molecule has 0 spiro atoms. The summed E-state index contributed by atoms with van der Waals surface area (Å²) in [6, 6.07) is 30.6. The molecule has 0 amide bonds. The predicted molar refractivity (Wildman–Crippen MR) is 115 cm³/mol. The monoisotopic (exact) mass is 378 g/mol. The van der Waals surface area contributed by atoms with Crippen LogP contribution < -0.4 is 0 Å². The van der Waals surface area contributed by atoms with Crippen LogP contribution in [0.3, 0.4) is 0 Å². The van der Waals surface area contributed by atoms with E-state index in [0.717, 1.165) is 34.5 Å². The smallest absolute Gasteiger partial charge is 0.167 e. The molecule has 0 N–H and O–H groups in total. The maximum atomic E-state index is 13.3. The van der Waals surface area contributed by atoms with E-state index in [0.29, 0.717) is 6.42 Å². The summed E-state index contributed by atoms with van der Waals surface area (Å²) >= 11 is 0. The quantitative estimate of drug-likeness (QED) is 0.539. The van der Waals surface area contributed by atoms with Gasteiger partial charge in [0.15, 0.2) is 5.78 Å². The molecule has 0 fully saturated rings. The van der Waals surface area contributed by atoms with Crippen molar-refractivity contribution in [3.05, 3.63) is 125 Å². The lowest BCUT2D eigenvalue weighted by Crippen LogP contribution is -2.17. The van der Waals surface area contributed by atoms with Crippen molar-refractivity contribution in [3.8, 4) is 0 Å². The van der Waals surface area contributed by atoms with Crippen LogP contribution in [0.4, 0.5) is 0 Å². The standard InChI is InChI=1S/C27H22O2/c28-24-17-22(20-12-6-2-7-13-20)18-25-26(24)23(16-19-10-4-1-5-11-19)27(29-25)21-14-8-3-9-15-21/h1-16,22,27H,17-18H2/b23-16-. The van der Waals surface area contributed by atoms with Crippen molar-refractivity contribution < 1.29 is 9.53 Å². The molecule has 0 saturated carbocycles. The molecule has 3 aromatic rings. The summed E-state index contributed by atoms with van der Waals surface area (Å²) in [4.78, 5) is 13.3. The van der Waals surface area contributed by atoms with Gasteiger partial charge in [0, 0.05) is 18.4 Å². The molecule has 0 saturated heterocycles. The molecule has 2 nitrogen and oxygen atoms in total. The first kappa shape index (κ1) is 17.7. The minimum atomic E-state index is -0.236. The molecular formula is C27H22O2. The lowest BCUT2D eigenvalue weighted by Gasteiger charge is -2.22. The Labute approximate surface area is 171 Å². The summed E-state index contributed by atoms with van der Waals surface area (Å²) in [7, 11) is 0. The van der Waals surface area contributed by atoms with Gasteiger partial charge in [-0.1, -0.05) is 91.0 Å². The third-order valence-electron chi connectivity index (χ3n) is 5.75. The highest BCUT2D eigenvalue weighted by molar-refractivity contribution is 6.03. The molecule has 1 heterocycles. The van der Waals surface area contributed by atoms with E-state index in [9.17, 15) is 4.79 Å². The molecule has 2 heteroatoms. The minimum Gasteiger partial charge on any atom is -0.485 e. The van der Waals surface area contributed by atoms with Gasteiger partial charge in [0.25, 0.3) is 0 Å². The van der Waals surface area contributed by atoms with Gasteiger partial charge in [0.05, 0.1) is 5.57 Å². The zero-order valence-corrected chi connectivity index (χ0v) is 16.1. The second kappa shape index (κ2) is 7.56. The first-order valence-corrected chi connectivity index (χ1v) is 10.1. The third kappa shape index (κ3) is 3.42. The molecule has 142 valence electrons. The van der Waals surface area contributed by atoms with Gasteiger partial charge in [-0.05, 0) is 28.7 Å². The highest BCUT2D eigenvalue weighted by Crippen LogP contribution is 2.49. The van der Waals surface area contributed by atoms with Crippen LogP contribution >= 0.6 is 0 Å². The average molecular weight is 378 g/mol. The molecule has 2 aliphatic rings. The molecule has 1 aliphatic heterocycles. The van der Waals surface area contributed by atoms with Crippen LogP contribution in [0, 0.1) is 0 Å². The third-order valence-corrected chi connectivity index (χ3v) is 5.75. The Balaban J connectivity index is 1.57. The second-order valence-electron chi connectivity index (χ2n) is 7.66. The van der Waals surface area contributed by atoms with Crippen molar-refractivity contribution in [2.75, 3.05) is 0 Å². The zero-order chi connectivity index (χ0) is 19.6. The molecule has 0 radical (unpaired) electrons. The van der Waals surface area contributed by atoms with Gasteiger partial charge in [-0.25, -0.2) is 0 Å². The van der Waals surface area contributed by atoms with Crippen molar-refractivity contribution >= 4 is 11.9 Å². The molecule has 3 aromatic carbocycles. The minimum absolute atomic E-state index is 0.176. The Morgan fingerprint density at radius 2 is 1.31 bits per heavy atom. The second-order valence-corrected chi connectivity index (χ2v) is 7.66. The van der Waals surface area contributed by atoms with E-state index in [-0.39, 0.29) is 17.8 Å². The number of hydrogen-bond acceptors (Lipinski definition) is 2. The number of ether oxygens (including phenoxy) is 1. The molecule has 1 aliphatic carbocycles. The maximum absolute atomic E-state index is 13.3. The molecule has 0 bridgehead atoms. The fraction of sp³-hybridized carbons (Fsp3) is 0.148. The van der Waals surface area contributed by atoms with Crippen LogP contribution in [-0.2, 0) is 9.53 Å². The Hall–Kier alpha value is -3.39. The first-order valence-electron chi connectivity index (χ1n) is 10.1. The lowest BCUT2D eigenvalue weighted by molar-refractivity contribution is -0.116. The van der Waals surface area contributed by atoms with Crippen LogP contribution in [0.15, 0.2) is 108 Å². The van der Waals surface area contributed by atoms with Crippen LogP contribution in [0.5, 0.6) is 0 Å². The highest BCUT2D eigenvalue weighted by Gasteiger charge is 2.40. The van der Waals surface area contributed by atoms with Crippen LogP contribution in [0.1, 0.15) is 41.6 Å². The van der Waals surface area contributed by atoms with E-state index < -0.39 is 0 Å². The van der Waals surface area contributed by atoms with E-state index in [1.54, 1.807) is 0 Å². The number of benzene rings is 3. The Kier molecular flexibility index (Phi) is 4.61. The number of carbonyl (C=O) groups is 1. The van der Waals surface area contributed by atoms with Crippen LogP contribution in [0.2, 0.25) is 0 Å². The van der Waals surface area contributed by atoms with Crippen LogP contribution in [0.25, 0.3) is 6.08 Å². The van der Waals surface area contributed by atoms with E-state index in [4.69, 9.17) is 4.74 Å². The number of allylic oxidation sites excluding steroid dienone is 1. The Morgan fingerprint density at radius 3 is 1.97 bits per heavy atom. The molecule has 2 atom stereocenters. The van der Waals surface area contributed by atoms with Gasteiger partial charge in [0.1, 0.15) is 11.9 Å². The van der Waals surface area contributed by atoms with Gasteiger partial charge in [-0.15, -0.1) is 0 Å². The summed E-state index contributed by atoms with van der Waals surface area (Å²) in [6.07, 6.45) is 3.17. The van der Waals surface area contributed by atoms with E-state index in [2.05, 4.69) is 42.5 Å². The summed E-state index contributed by atoms with van der Waals surface area (Å²) in [6.45, 7) is 0. The summed E-state index contributed by atoms with van der Waals surface area (Å²) in [5.74, 6) is 1.20. The topological polar surface area (TPSA) is 26.3 Å². The molecular weight excluding hydrogens is 356 g/mol. The van der Waals surface area contributed by atoms with E-state index >= 15 is 0 Å². The molecule has 2 unspecified atom stereocenters. The first-order chi connectivity index (χ1) is 14.3. The SMILES string of the molecule is O=C1CC(c2ccccc2)CC2=C1/C(=C/c1ccccc1)C(c1ccccc1)O2. The molecule has 0 aromatic heterocycles. The molecule has 5 rings (SSSR count). The predicted octanol–water partition coefficient (Wildman–Crippen LogP) is 6.24. The number of rotatable bonds is 3. The fourth-order valence-electron chi connectivity index (χ4n) is 4.36. The number of carbonyl (C=O) groups excluding carboxylic acids is 1. The van der Waals surface area contributed by atoms with E-state index in [1.165, 1.54) is 5.56 Å². The van der Waals surface area contributed by atoms with Crippen molar-refractivity contribution in [1.82, 2.24) is 0 Å². The van der Waals surface area contributed by atoms with Crippen molar-refractivity contribution in [1.29, 1.82) is 0 Å². The van der Waals surface area contributed by atoms with Crippen molar-refractivity contribution in [3.63, 3.8) is 0 Å². The van der Waals surface area contributed by atoms with Crippen molar-refractivity contribution in [2.45, 2.75) is 24.9 Å². The van der Waals surface area contributed by atoms with Gasteiger partial charge in [0.2, 0.25) is 0 Å². The average Bonchev–Trinajstić information content (AvgIpc) is 3.14. The van der Waals surface area contributed by atoms with Gasteiger partial charge >= 0.3 is 0 Å². The number of Topliss-reactive ketones (excluding diaryl/α,β-unsaturated/α-hetero) is 1. The Bertz CT molecular complexity index is 1080. The van der Waals surface area contributed by atoms with Gasteiger partial charge < -0.3 is 4.74 Å². The maximum Gasteiger partial charge on any atom is 0.167 e. The summed E-state index contributed by atoms with van der Waals surface area (Å²) < 4.78 is 6.45. The summed E-state index contributed by atoms with van der Waals surface area (Å²) in [5, 5.41) is 0. The largest absolute Gasteiger partial charge is 0.485 e. The molecule has 29 heavy (non-hydrogen) atoms. The van der Waals surface area contributed by atoms with E-state index in [1.807, 2.05) is 54.6 Å².